The molecule has 0 unspecified atom stereocenters. The number of benzene rings is 1. The second-order valence-electron chi connectivity index (χ2n) is 4.87. The van der Waals surface area contributed by atoms with Gasteiger partial charge in [0, 0.05) is 12.3 Å². The van der Waals surface area contributed by atoms with Crippen molar-refractivity contribution in [2.75, 3.05) is 17.8 Å². The SMILES string of the molecule is CCOc1cc(F)ccc1N(Cc1nnco1)c1ccnc(SC)n1. The van der Waals surface area contributed by atoms with E-state index in [4.69, 9.17) is 9.15 Å². The predicted octanol–water partition coefficient (Wildman–Crippen LogP) is 3.46. The Morgan fingerprint density at radius 2 is 2.20 bits per heavy atom. The number of thioether (sulfide) groups is 1. The number of hydrogen-bond donors (Lipinski definition) is 0. The quantitative estimate of drug-likeness (QED) is 0.468. The third-order valence-electron chi connectivity index (χ3n) is 3.29. The van der Waals surface area contributed by atoms with Crippen molar-refractivity contribution < 1.29 is 13.5 Å². The monoisotopic (exact) mass is 361 g/mol. The van der Waals surface area contributed by atoms with Crippen LogP contribution in [0.3, 0.4) is 0 Å². The van der Waals surface area contributed by atoms with E-state index in [1.807, 2.05) is 18.1 Å². The van der Waals surface area contributed by atoms with Gasteiger partial charge in [-0.2, -0.15) is 0 Å². The number of rotatable bonds is 7. The van der Waals surface area contributed by atoms with Gasteiger partial charge < -0.3 is 14.1 Å². The molecule has 130 valence electrons. The van der Waals surface area contributed by atoms with Crippen LogP contribution in [-0.4, -0.2) is 33.0 Å². The highest BCUT2D eigenvalue weighted by Crippen LogP contribution is 2.35. The Morgan fingerprint density at radius 1 is 1.32 bits per heavy atom. The molecule has 3 rings (SSSR count). The molecule has 7 nitrogen and oxygen atoms in total. The van der Waals surface area contributed by atoms with E-state index in [9.17, 15) is 4.39 Å². The Morgan fingerprint density at radius 3 is 2.92 bits per heavy atom. The molecule has 0 spiro atoms. The lowest BCUT2D eigenvalue weighted by Gasteiger charge is -2.24. The van der Waals surface area contributed by atoms with Gasteiger partial charge in [0.15, 0.2) is 5.16 Å². The number of anilines is 2. The van der Waals surface area contributed by atoms with Gasteiger partial charge in [0.1, 0.15) is 23.9 Å². The minimum Gasteiger partial charge on any atom is -0.492 e. The fraction of sp³-hybridized carbons (Fsp3) is 0.250. The third-order valence-corrected chi connectivity index (χ3v) is 3.85. The lowest BCUT2D eigenvalue weighted by atomic mass is 10.2. The number of halogens is 1. The molecule has 0 N–H and O–H groups in total. The Kier molecular flexibility index (Phi) is 5.44. The van der Waals surface area contributed by atoms with Crippen molar-refractivity contribution in [1.29, 1.82) is 0 Å². The van der Waals surface area contributed by atoms with Crippen LogP contribution in [-0.2, 0) is 6.54 Å². The van der Waals surface area contributed by atoms with Crippen LogP contribution >= 0.6 is 11.8 Å². The molecule has 0 saturated carbocycles. The summed E-state index contributed by atoms with van der Waals surface area (Å²) in [6.07, 6.45) is 4.82. The summed E-state index contributed by atoms with van der Waals surface area (Å²) < 4.78 is 24.5. The second kappa shape index (κ2) is 7.93. The van der Waals surface area contributed by atoms with Gasteiger partial charge in [-0.25, -0.2) is 14.4 Å². The topological polar surface area (TPSA) is 77.2 Å². The zero-order valence-electron chi connectivity index (χ0n) is 13.7. The largest absolute Gasteiger partial charge is 0.492 e. The summed E-state index contributed by atoms with van der Waals surface area (Å²) in [4.78, 5) is 10.5. The number of nitrogens with zero attached hydrogens (tertiary/aromatic N) is 5. The van der Waals surface area contributed by atoms with Crippen molar-refractivity contribution in [2.45, 2.75) is 18.6 Å². The zero-order chi connectivity index (χ0) is 17.6. The molecule has 0 amide bonds. The molecule has 0 aliphatic rings. The van der Waals surface area contributed by atoms with Crippen LogP contribution in [0.15, 0.2) is 46.4 Å². The van der Waals surface area contributed by atoms with Crippen molar-refractivity contribution in [3.8, 4) is 5.75 Å². The Hall–Kier alpha value is -2.68. The van der Waals surface area contributed by atoms with E-state index in [0.717, 1.165) is 0 Å². The van der Waals surface area contributed by atoms with E-state index >= 15 is 0 Å². The molecule has 2 aromatic heterocycles. The molecule has 0 aliphatic carbocycles. The fourth-order valence-corrected chi connectivity index (χ4v) is 2.60. The maximum Gasteiger partial charge on any atom is 0.235 e. The Balaban J connectivity index is 2.07. The van der Waals surface area contributed by atoms with Gasteiger partial charge in [-0.1, -0.05) is 11.8 Å². The summed E-state index contributed by atoms with van der Waals surface area (Å²) in [5.41, 5.74) is 0.646. The summed E-state index contributed by atoms with van der Waals surface area (Å²) in [7, 11) is 0. The molecule has 0 bridgehead atoms. The first kappa shape index (κ1) is 17.2. The van der Waals surface area contributed by atoms with Gasteiger partial charge in [-0.05, 0) is 31.4 Å². The van der Waals surface area contributed by atoms with Crippen LogP contribution in [0.25, 0.3) is 0 Å². The predicted molar refractivity (Wildman–Crippen MR) is 91.5 cm³/mol. The molecule has 0 radical (unpaired) electrons. The van der Waals surface area contributed by atoms with Gasteiger partial charge in [0.2, 0.25) is 12.3 Å². The smallest absolute Gasteiger partial charge is 0.235 e. The molecule has 0 fully saturated rings. The number of hydrogen-bond acceptors (Lipinski definition) is 8. The van der Waals surface area contributed by atoms with Crippen LogP contribution in [0, 0.1) is 5.82 Å². The standard InChI is InChI=1S/C16H16FN5O2S/c1-3-23-13-8-11(17)4-5-12(13)22(9-15-21-19-10-24-15)14-6-7-18-16(20-14)25-2/h4-8,10H,3,9H2,1-2H3. The Labute approximate surface area is 148 Å². The molecule has 25 heavy (non-hydrogen) atoms. The van der Waals surface area contributed by atoms with Crippen molar-refractivity contribution in [2.24, 2.45) is 0 Å². The van der Waals surface area contributed by atoms with E-state index in [0.29, 0.717) is 34.9 Å². The van der Waals surface area contributed by atoms with Gasteiger partial charge in [0.25, 0.3) is 0 Å². The van der Waals surface area contributed by atoms with Crippen molar-refractivity contribution >= 4 is 23.3 Å². The summed E-state index contributed by atoms with van der Waals surface area (Å²) in [6, 6.07) is 6.11. The van der Waals surface area contributed by atoms with E-state index < -0.39 is 0 Å². The molecule has 9 heteroatoms. The highest BCUT2D eigenvalue weighted by molar-refractivity contribution is 7.98. The van der Waals surface area contributed by atoms with Crippen molar-refractivity contribution in [1.82, 2.24) is 20.2 Å². The fourth-order valence-electron chi connectivity index (χ4n) is 2.25. The van der Waals surface area contributed by atoms with Gasteiger partial charge in [-0.15, -0.1) is 10.2 Å². The number of aromatic nitrogens is 4. The summed E-state index contributed by atoms with van der Waals surface area (Å²) in [6.45, 7) is 2.51. The van der Waals surface area contributed by atoms with Crippen LogP contribution in [0.4, 0.5) is 15.9 Å². The average Bonchev–Trinajstić information content (AvgIpc) is 3.14. The first-order valence-electron chi connectivity index (χ1n) is 7.53. The molecule has 2 heterocycles. The Bertz CT molecular complexity index is 831. The highest BCUT2D eigenvalue weighted by Gasteiger charge is 2.19. The lowest BCUT2D eigenvalue weighted by Crippen LogP contribution is -2.19. The zero-order valence-corrected chi connectivity index (χ0v) is 14.5. The van der Waals surface area contributed by atoms with Gasteiger partial charge >= 0.3 is 0 Å². The van der Waals surface area contributed by atoms with E-state index in [2.05, 4.69) is 20.2 Å². The van der Waals surface area contributed by atoms with Crippen molar-refractivity contribution in [3.63, 3.8) is 0 Å². The molecule has 0 aliphatic heterocycles. The van der Waals surface area contributed by atoms with E-state index in [1.54, 1.807) is 18.3 Å². The summed E-state index contributed by atoms with van der Waals surface area (Å²) in [5, 5.41) is 8.24. The molecule has 3 aromatic rings. The minimum absolute atomic E-state index is 0.260. The minimum atomic E-state index is -0.377. The average molecular weight is 361 g/mol. The van der Waals surface area contributed by atoms with Crippen LogP contribution < -0.4 is 9.64 Å². The van der Waals surface area contributed by atoms with Gasteiger partial charge in [-0.3, -0.25) is 0 Å². The maximum absolute atomic E-state index is 13.7. The first-order chi connectivity index (χ1) is 12.2. The lowest BCUT2D eigenvalue weighted by molar-refractivity contribution is 0.338. The van der Waals surface area contributed by atoms with Crippen LogP contribution in [0.2, 0.25) is 0 Å². The second-order valence-corrected chi connectivity index (χ2v) is 5.64. The molecule has 0 atom stereocenters. The first-order valence-corrected chi connectivity index (χ1v) is 8.75. The van der Waals surface area contributed by atoms with Crippen LogP contribution in [0.1, 0.15) is 12.8 Å². The summed E-state index contributed by atoms with van der Waals surface area (Å²) in [5.74, 6) is 1.05. The van der Waals surface area contributed by atoms with Gasteiger partial charge in [0.05, 0.1) is 12.3 Å². The molecule has 0 saturated heterocycles. The normalized spacial score (nSPS) is 10.7. The number of ether oxygens (including phenoxy) is 1. The maximum atomic E-state index is 13.7. The third kappa shape index (κ3) is 4.05. The van der Waals surface area contributed by atoms with Crippen LogP contribution in [0.5, 0.6) is 5.75 Å². The molecule has 1 aromatic carbocycles. The van der Waals surface area contributed by atoms with E-state index in [-0.39, 0.29) is 12.4 Å². The van der Waals surface area contributed by atoms with E-state index in [1.165, 1.54) is 30.3 Å². The molecular weight excluding hydrogens is 345 g/mol. The molecular formula is C16H16FN5O2S. The highest BCUT2D eigenvalue weighted by atomic mass is 32.2. The van der Waals surface area contributed by atoms with Crippen molar-refractivity contribution in [3.05, 3.63) is 48.6 Å². The summed E-state index contributed by atoms with van der Waals surface area (Å²) >= 11 is 1.43.